The molecule has 2 N–H and O–H groups in total. The molecule has 0 radical (unpaired) electrons. The summed E-state index contributed by atoms with van der Waals surface area (Å²) in [5, 5.41) is 15.5. The number of carbonyl (C=O) groups is 1. The van der Waals surface area contributed by atoms with Crippen LogP contribution in [-0.4, -0.2) is 21.3 Å². The highest BCUT2D eigenvalue weighted by Crippen LogP contribution is 2.31. The fourth-order valence-corrected chi connectivity index (χ4v) is 2.46. The first-order valence-electron chi connectivity index (χ1n) is 4.43. The lowest BCUT2D eigenvalue weighted by Crippen LogP contribution is -1.96. The number of H-pyrrole nitrogens is 1. The van der Waals surface area contributed by atoms with Gasteiger partial charge in [-0.3, -0.25) is 5.10 Å². The lowest BCUT2D eigenvalue weighted by molar-refractivity contribution is 0.0698. The number of aromatic nitrogens is 2. The number of hydrogen-bond acceptors (Lipinski definition) is 3. The van der Waals surface area contributed by atoms with Crippen molar-refractivity contribution >= 4 is 17.3 Å². The van der Waals surface area contributed by atoms with Crippen LogP contribution < -0.4 is 0 Å². The molecule has 15 heavy (non-hydrogen) atoms. The number of aromatic amines is 1. The van der Waals surface area contributed by atoms with E-state index in [1.54, 1.807) is 11.3 Å². The van der Waals surface area contributed by atoms with Gasteiger partial charge in [-0.2, -0.15) is 5.10 Å². The molecule has 78 valence electrons. The van der Waals surface area contributed by atoms with Crippen molar-refractivity contribution in [3.63, 3.8) is 0 Å². The van der Waals surface area contributed by atoms with E-state index < -0.39 is 5.97 Å². The summed E-state index contributed by atoms with van der Waals surface area (Å²) >= 11 is 1.65. The summed E-state index contributed by atoms with van der Waals surface area (Å²) in [5.41, 5.74) is 1.73. The Hall–Kier alpha value is -1.62. The zero-order valence-electron chi connectivity index (χ0n) is 8.37. The van der Waals surface area contributed by atoms with Gasteiger partial charge in [0.1, 0.15) is 5.56 Å². The van der Waals surface area contributed by atoms with Crippen LogP contribution in [-0.2, 0) is 0 Å². The lowest BCUT2D eigenvalue weighted by Gasteiger charge is -1.97. The molecule has 2 rings (SSSR count). The van der Waals surface area contributed by atoms with Crippen LogP contribution in [0.4, 0.5) is 0 Å². The van der Waals surface area contributed by atoms with Crippen LogP contribution in [0, 0.1) is 13.8 Å². The Labute approximate surface area is 90.6 Å². The molecule has 0 aliphatic heterocycles. The molecule has 0 bridgehead atoms. The van der Waals surface area contributed by atoms with Crippen LogP contribution in [0.1, 0.15) is 20.1 Å². The van der Waals surface area contributed by atoms with Gasteiger partial charge in [0.15, 0.2) is 0 Å². The Balaban J connectivity index is 2.58. The fourth-order valence-electron chi connectivity index (χ4n) is 1.53. The minimum Gasteiger partial charge on any atom is -0.478 e. The maximum atomic E-state index is 10.9. The molecule has 2 aromatic rings. The Kier molecular flexibility index (Phi) is 2.32. The number of carboxylic acids is 1. The number of thiophene rings is 1. The van der Waals surface area contributed by atoms with Gasteiger partial charge in [0.2, 0.25) is 0 Å². The van der Waals surface area contributed by atoms with Crippen LogP contribution in [0.3, 0.4) is 0 Å². The minimum atomic E-state index is -0.956. The minimum absolute atomic E-state index is 0.218. The normalized spacial score (nSPS) is 10.5. The van der Waals surface area contributed by atoms with E-state index in [4.69, 9.17) is 5.11 Å². The molecule has 0 atom stereocenters. The van der Waals surface area contributed by atoms with E-state index in [-0.39, 0.29) is 5.56 Å². The third-order valence-corrected chi connectivity index (χ3v) is 3.15. The number of rotatable bonds is 2. The first-order chi connectivity index (χ1) is 7.09. The van der Waals surface area contributed by atoms with E-state index in [1.807, 2.05) is 19.9 Å². The first-order valence-corrected chi connectivity index (χ1v) is 5.25. The van der Waals surface area contributed by atoms with Crippen molar-refractivity contribution in [1.29, 1.82) is 0 Å². The number of nitrogens with one attached hydrogen (secondary N) is 1. The highest BCUT2D eigenvalue weighted by Gasteiger charge is 2.16. The third kappa shape index (κ3) is 1.66. The molecule has 0 fully saturated rings. The number of hydrogen-bond donors (Lipinski definition) is 2. The summed E-state index contributed by atoms with van der Waals surface area (Å²) < 4.78 is 0. The van der Waals surface area contributed by atoms with Crippen LogP contribution >= 0.6 is 11.3 Å². The highest BCUT2D eigenvalue weighted by molar-refractivity contribution is 7.12. The van der Waals surface area contributed by atoms with Crippen molar-refractivity contribution in [3.05, 3.63) is 27.6 Å². The molecule has 0 amide bonds. The molecule has 4 nitrogen and oxygen atoms in total. The zero-order chi connectivity index (χ0) is 11.0. The number of nitrogens with zero attached hydrogens (tertiary/aromatic N) is 1. The Morgan fingerprint density at radius 3 is 2.80 bits per heavy atom. The molecular formula is C10H10N2O2S. The Bertz CT molecular complexity index is 513. The summed E-state index contributed by atoms with van der Waals surface area (Å²) in [6, 6.07) is 1.97. The highest BCUT2D eigenvalue weighted by atomic mass is 32.1. The molecule has 0 aliphatic rings. The van der Waals surface area contributed by atoms with Gasteiger partial charge in [-0.15, -0.1) is 11.3 Å². The predicted molar refractivity (Wildman–Crippen MR) is 58.3 cm³/mol. The van der Waals surface area contributed by atoms with E-state index in [9.17, 15) is 4.79 Å². The number of carboxylic acid groups (broad SMARTS) is 1. The van der Waals surface area contributed by atoms with Crippen LogP contribution in [0.15, 0.2) is 12.3 Å². The average molecular weight is 222 g/mol. The van der Waals surface area contributed by atoms with Gasteiger partial charge in [0.25, 0.3) is 0 Å². The summed E-state index contributed by atoms with van der Waals surface area (Å²) in [7, 11) is 0. The largest absolute Gasteiger partial charge is 0.478 e. The summed E-state index contributed by atoms with van der Waals surface area (Å²) in [6.07, 6.45) is 1.34. The van der Waals surface area contributed by atoms with Crippen LogP contribution in [0.25, 0.3) is 11.3 Å². The number of aromatic carboxylic acids is 1. The fraction of sp³-hybridized carbons (Fsp3) is 0.200. The molecule has 0 unspecified atom stereocenters. The molecule has 0 spiro atoms. The summed E-state index contributed by atoms with van der Waals surface area (Å²) in [4.78, 5) is 13.2. The Morgan fingerprint density at radius 1 is 1.53 bits per heavy atom. The van der Waals surface area contributed by atoms with Gasteiger partial charge in [-0.05, 0) is 19.9 Å². The standard InChI is InChI=1S/C10H10N2O2S/c1-5-3-7(6(2)15-5)9-8(10(13)14)4-11-12-9/h3-4H,1-2H3,(H,11,12)(H,13,14). The molecule has 0 saturated heterocycles. The SMILES string of the molecule is Cc1cc(-c2[nH]ncc2C(=O)O)c(C)s1. The van der Waals surface area contributed by atoms with Crippen molar-refractivity contribution in [2.75, 3.05) is 0 Å². The van der Waals surface area contributed by atoms with Crippen molar-refractivity contribution in [2.45, 2.75) is 13.8 Å². The second kappa shape index (κ2) is 3.51. The van der Waals surface area contributed by atoms with Crippen molar-refractivity contribution in [3.8, 4) is 11.3 Å². The molecule has 0 aromatic carbocycles. The van der Waals surface area contributed by atoms with E-state index in [0.29, 0.717) is 5.69 Å². The molecule has 0 saturated carbocycles. The summed E-state index contributed by atoms with van der Waals surface area (Å²) in [5.74, 6) is -0.956. The predicted octanol–water partition coefficient (Wildman–Crippen LogP) is 2.45. The van der Waals surface area contributed by atoms with E-state index >= 15 is 0 Å². The first kappa shape index (κ1) is 9.92. The molecule has 2 heterocycles. The second-order valence-electron chi connectivity index (χ2n) is 3.29. The maximum absolute atomic E-state index is 10.9. The average Bonchev–Trinajstić information content (AvgIpc) is 2.71. The topological polar surface area (TPSA) is 66.0 Å². The van der Waals surface area contributed by atoms with Crippen LogP contribution in [0.5, 0.6) is 0 Å². The van der Waals surface area contributed by atoms with Gasteiger partial charge in [-0.1, -0.05) is 0 Å². The Morgan fingerprint density at radius 2 is 2.27 bits per heavy atom. The van der Waals surface area contributed by atoms with E-state index in [1.165, 1.54) is 6.20 Å². The van der Waals surface area contributed by atoms with Gasteiger partial charge < -0.3 is 5.11 Å². The monoisotopic (exact) mass is 222 g/mol. The smallest absolute Gasteiger partial charge is 0.339 e. The van der Waals surface area contributed by atoms with Crippen molar-refractivity contribution in [2.24, 2.45) is 0 Å². The van der Waals surface area contributed by atoms with E-state index in [2.05, 4.69) is 10.2 Å². The number of aryl methyl sites for hydroxylation is 2. The molecule has 0 aliphatic carbocycles. The molecule has 5 heteroatoms. The molecule has 2 aromatic heterocycles. The van der Waals surface area contributed by atoms with Gasteiger partial charge in [-0.25, -0.2) is 4.79 Å². The van der Waals surface area contributed by atoms with E-state index in [0.717, 1.165) is 15.3 Å². The second-order valence-corrected chi connectivity index (χ2v) is 4.75. The van der Waals surface area contributed by atoms with Gasteiger partial charge in [0.05, 0.1) is 11.9 Å². The maximum Gasteiger partial charge on any atom is 0.339 e. The molecular weight excluding hydrogens is 212 g/mol. The summed E-state index contributed by atoms with van der Waals surface area (Å²) in [6.45, 7) is 3.97. The quantitative estimate of drug-likeness (QED) is 0.820. The lowest BCUT2D eigenvalue weighted by atomic mass is 10.1. The van der Waals surface area contributed by atoms with Crippen LogP contribution in [0.2, 0.25) is 0 Å². The van der Waals surface area contributed by atoms with Crippen molar-refractivity contribution < 1.29 is 9.90 Å². The van der Waals surface area contributed by atoms with Gasteiger partial charge in [0, 0.05) is 15.3 Å². The zero-order valence-corrected chi connectivity index (χ0v) is 9.18. The third-order valence-electron chi connectivity index (χ3n) is 2.18. The van der Waals surface area contributed by atoms with Crippen molar-refractivity contribution in [1.82, 2.24) is 10.2 Å². The van der Waals surface area contributed by atoms with Gasteiger partial charge >= 0.3 is 5.97 Å².